The standard InChI is InChI=1S/C23H28N2O3/c1-5-6-17-13-18(14-21(27-3)22(17)28-4)23(26)24-19-7-9-20(10-8-19)25-12-11-16(2)15-25/h5,7-10,13-14,16H,1,6,11-12,15H2,2-4H3,(H,24,26). The topological polar surface area (TPSA) is 50.8 Å². The van der Waals surface area contributed by atoms with E-state index in [9.17, 15) is 4.79 Å². The molecule has 0 radical (unpaired) electrons. The largest absolute Gasteiger partial charge is 0.493 e. The Morgan fingerprint density at radius 1 is 1.25 bits per heavy atom. The summed E-state index contributed by atoms with van der Waals surface area (Å²) in [5.74, 6) is 1.71. The summed E-state index contributed by atoms with van der Waals surface area (Å²) in [5.41, 5.74) is 3.34. The van der Waals surface area contributed by atoms with Gasteiger partial charge in [0.05, 0.1) is 14.2 Å². The van der Waals surface area contributed by atoms with Crippen molar-refractivity contribution in [1.82, 2.24) is 0 Å². The number of ether oxygens (including phenoxy) is 2. The zero-order chi connectivity index (χ0) is 20.1. The van der Waals surface area contributed by atoms with E-state index >= 15 is 0 Å². The van der Waals surface area contributed by atoms with Gasteiger partial charge in [0, 0.05) is 35.6 Å². The molecule has 0 bridgehead atoms. The van der Waals surface area contributed by atoms with Gasteiger partial charge in [-0.05, 0) is 55.2 Å². The molecule has 1 N–H and O–H groups in total. The first-order valence-corrected chi connectivity index (χ1v) is 9.57. The van der Waals surface area contributed by atoms with Gasteiger partial charge in [0.25, 0.3) is 5.91 Å². The number of benzene rings is 2. The lowest BCUT2D eigenvalue weighted by Crippen LogP contribution is -2.19. The van der Waals surface area contributed by atoms with Crippen LogP contribution in [0.4, 0.5) is 11.4 Å². The Hall–Kier alpha value is -2.95. The highest BCUT2D eigenvalue weighted by molar-refractivity contribution is 6.05. The molecule has 1 fully saturated rings. The van der Waals surface area contributed by atoms with Crippen LogP contribution in [0.15, 0.2) is 49.1 Å². The molecular formula is C23H28N2O3. The van der Waals surface area contributed by atoms with Crippen molar-refractivity contribution in [3.63, 3.8) is 0 Å². The van der Waals surface area contributed by atoms with Crippen molar-refractivity contribution in [3.8, 4) is 11.5 Å². The van der Waals surface area contributed by atoms with E-state index in [-0.39, 0.29) is 5.91 Å². The van der Waals surface area contributed by atoms with E-state index in [1.54, 1.807) is 26.4 Å². The Labute approximate surface area is 167 Å². The van der Waals surface area contributed by atoms with Crippen LogP contribution in [-0.2, 0) is 6.42 Å². The molecule has 0 aliphatic carbocycles. The third-order valence-electron chi connectivity index (χ3n) is 5.10. The van der Waals surface area contributed by atoms with Crippen molar-refractivity contribution < 1.29 is 14.3 Å². The van der Waals surface area contributed by atoms with E-state index < -0.39 is 0 Å². The van der Waals surface area contributed by atoms with Crippen LogP contribution in [0.2, 0.25) is 0 Å². The number of hydrogen-bond acceptors (Lipinski definition) is 4. The number of allylic oxidation sites excluding steroid dienone is 1. The van der Waals surface area contributed by atoms with Crippen molar-refractivity contribution >= 4 is 17.3 Å². The van der Waals surface area contributed by atoms with E-state index in [0.29, 0.717) is 23.5 Å². The quantitative estimate of drug-likeness (QED) is 0.717. The zero-order valence-electron chi connectivity index (χ0n) is 16.8. The van der Waals surface area contributed by atoms with E-state index in [1.165, 1.54) is 12.1 Å². The van der Waals surface area contributed by atoms with Crippen LogP contribution in [0.3, 0.4) is 0 Å². The van der Waals surface area contributed by atoms with Crippen molar-refractivity contribution in [1.29, 1.82) is 0 Å². The minimum atomic E-state index is -0.186. The van der Waals surface area contributed by atoms with Crippen LogP contribution < -0.4 is 19.7 Å². The van der Waals surface area contributed by atoms with Crippen molar-refractivity contribution in [2.24, 2.45) is 5.92 Å². The Balaban J connectivity index is 1.77. The molecule has 1 unspecified atom stereocenters. The monoisotopic (exact) mass is 380 g/mol. The fourth-order valence-corrected chi connectivity index (χ4v) is 3.61. The number of carbonyl (C=O) groups is 1. The first kappa shape index (κ1) is 19.8. The predicted octanol–water partition coefficient (Wildman–Crippen LogP) is 4.53. The van der Waals surface area contributed by atoms with E-state index in [0.717, 1.165) is 30.3 Å². The molecule has 1 aliphatic heterocycles. The fourth-order valence-electron chi connectivity index (χ4n) is 3.61. The number of methoxy groups -OCH3 is 2. The van der Waals surface area contributed by atoms with Crippen molar-refractivity contribution in [2.75, 3.05) is 37.5 Å². The second kappa shape index (κ2) is 8.83. The molecule has 1 aliphatic rings. The van der Waals surface area contributed by atoms with E-state index in [2.05, 4.69) is 35.9 Å². The zero-order valence-corrected chi connectivity index (χ0v) is 16.8. The van der Waals surface area contributed by atoms with Gasteiger partial charge in [-0.25, -0.2) is 0 Å². The lowest BCUT2D eigenvalue weighted by Gasteiger charge is -2.18. The van der Waals surface area contributed by atoms with Gasteiger partial charge in [-0.3, -0.25) is 4.79 Å². The molecule has 0 spiro atoms. The lowest BCUT2D eigenvalue weighted by atomic mass is 10.0. The molecule has 1 atom stereocenters. The van der Waals surface area contributed by atoms with Crippen molar-refractivity contribution in [2.45, 2.75) is 19.8 Å². The first-order valence-electron chi connectivity index (χ1n) is 9.57. The number of hydrogen-bond donors (Lipinski definition) is 1. The van der Waals surface area contributed by atoms with Crippen molar-refractivity contribution in [3.05, 3.63) is 60.2 Å². The molecule has 1 heterocycles. The Bertz CT molecular complexity index is 846. The molecule has 5 nitrogen and oxygen atoms in total. The van der Waals surface area contributed by atoms with Gasteiger partial charge in [-0.1, -0.05) is 13.0 Å². The molecular weight excluding hydrogens is 352 g/mol. The predicted molar refractivity (Wildman–Crippen MR) is 114 cm³/mol. The van der Waals surface area contributed by atoms with Crippen LogP contribution in [0.1, 0.15) is 29.3 Å². The van der Waals surface area contributed by atoms with Crippen LogP contribution in [0.5, 0.6) is 11.5 Å². The van der Waals surface area contributed by atoms with Crippen LogP contribution in [0.25, 0.3) is 0 Å². The Morgan fingerprint density at radius 2 is 2.00 bits per heavy atom. The molecule has 5 heteroatoms. The number of nitrogens with zero attached hydrogens (tertiary/aromatic N) is 1. The van der Waals surface area contributed by atoms with Gasteiger partial charge in [-0.2, -0.15) is 0 Å². The maximum atomic E-state index is 12.8. The summed E-state index contributed by atoms with van der Waals surface area (Å²) >= 11 is 0. The maximum Gasteiger partial charge on any atom is 0.255 e. The summed E-state index contributed by atoms with van der Waals surface area (Å²) in [4.78, 5) is 15.2. The highest BCUT2D eigenvalue weighted by atomic mass is 16.5. The van der Waals surface area contributed by atoms with Crippen LogP contribution in [0, 0.1) is 5.92 Å². The number of amides is 1. The van der Waals surface area contributed by atoms with E-state index in [1.807, 2.05) is 18.2 Å². The summed E-state index contributed by atoms with van der Waals surface area (Å²) in [6.07, 6.45) is 3.59. The summed E-state index contributed by atoms with van der Waals surface area (Å²) in [6, 6.07) is 11.5. The molecule has 0 saturated carbocycles. The van der Waals surface area contributed by atoms with Gasteiger partial charge in [0.1, 0.15) is 0 Å². The third-order valence-corrected chi connectivity index (χ3v) is 5.10. The number of rotatable bonds is 7. The van der Waals surface area contributed by atoms with Crippen LogP contribution >= 0.6 is 0 Å². The molecule has 1 saturated heterocycles. The maximum absolute atomic E-state index is 12.8. The molecule has 28 heavy (non-hydrogen) atoms. The number of carbonyl (C=O) groups excluding carboxylic acids is 1. The van der Waals surface area contributed by atoms with Gasteiger partial charge < -0.3 is 19.7 Å². The number of anilines is 2. The van der Waals surface area contributed by atoms with Crippen LogP contribution in [-0.4, -0.2) is 33.2 Å². The molecule has 1 amide bonds. The van der Waals surface area contributed by atoms with Gasteiger partial charge in [0.2, 0.25) is 0 Å². The lowest BCUT2D eigenvalue weighted by molar-refractivity contribution is 0.102. The molecule has 2 aromatic rings. The Kier molecular flexibility index (Phi) is 6.24. The SMILES string of the molecule is C=CCc1cc(C(=O)Nc2ccc(N3CCC(C)C3)cc2)cc(OC)c1OC. The summed E-state index contributed by atoms with van der Waals surface area (Å²) in [7, 11) is 3.15. The average Bonchev–Trinajstić information content (AvgIpc) is 3.14. The minimum Gasteiger partial charge on any atom is -0.493 e. The molecule has 0 aromatic heterocycles. The van der Waals surface area contributed by atoms with Gasteiger partial charge in [0.15, 0.2) is 11.5 Å². The average molecular weight is 380 g/mol. The minimum absolute atomic E-state index is 0.186. The number of nitrogens with one attached hydrogen (secondary N) is 1. The highest BCUT2D eigenvalue weighted by Crippen LogP contribution is 2.33. The van der Waals surface area contributed by atoms with Gasteiger partial charge >= 0.3 is 0 Å². The normalized spacial score (nSPS) is 16.0. The molecule has 2 aromatic carbocycles. The fraction of sp³-hybridized carbons (Fsp3) is 0.348. The highest BCUT2D eigenvalue weighted by Gasteiger charge is 2.19. The summed E-state index contributed by atoms with van der Waals surface area (Å²) in [6.45, 7) is 8.22. The van der Waals surface area contributed by atoms with Gasteiger partial charge in [-0.15, -0.1) is 6.58 Å². The molecule has 3 rings (SSSR count). The second-order valence-electron chi connectivity index (χ2n) is 7.20. The van der Waals surface area contributed by atoms with E-state index in [4.69, 9.17) is 9.47 Å². The summed E-state index contributed by atoms with van der Waals surface area (Å²) < 4.78 is 10.8. The summed E-state index contributed by atoms with van der Waals surface area (Å²) in [5, 5.41) is 2.96. The Morgan fingerprint density at radius 3 is 2.57 bits per heavy atom. The smallest absolute Gasteiger partial charge is 0.255 e. The first-order chi connectivity index (χ1) is 13.5. The second-order valence-corrected chi connectivity index (χ2v) is 7.20. The molecule has 148 valence electrons. The third kappa shape index (κ3) is 4.30.